The predicted molar refractivity (Wildman–Crippen MR) is 132 cm³/mol. The van der Waals surface area contributed by atoms with Crippen LogP contribution in [0.3, 0.4) is 0 Å². The van der Waals surface area contributed by atoms with E-state index in [9.17, 15) is 9.59 Å². The molecule has 1 aromatic heterocycles. The molecule has 0 spiro atoms. The summed E-state index contributed by atoms with van der Waals surface area (Å²) in [6, 6.07) is 15.8. The SMILES string of the molecule is COc1ccc2c(c1)c(C=C1Oc3c(ccc(OC(=O)c4ccccc4OC)c3C)C1=O)cn2C. The maximum absolute atomic E-state index is 13.1. The van der Waals surface area contributed by atoms with Gasteiger partial charge in [-0.05, 0) is 55.5 Å². The van der Waals surface area contributed by atoms with Gasteiger partial charge >= 0.3 is 5.97 Å². The molecule has 1 aliphatic rings. The summed E-state index contributed by atoms with van der Waals surface area (Å²) >= 11 is 0. The molecule has 0 amide bonds. The lowest BCUT2D eigenvalue weighted by Crippen LogP contribution is -2.11. The van der Waals surface area contributed by atoms with Crippen molar-refractivity contribution in [3.63, 3.8) is 0 Å². The van der Waals surface area contributed by atoms with E-state index in [0.717, 1.165) is 22.2 Å². The van der Waals surface area contributed by atoms with E-state index in [0.29, 0.717) is 33.9 Å². The van der Waals surface area contributed by atoms with Crippen LogP contribution in [0.4, 0.5) is 0 Å². The number of nitrogens with zero attached hydrogens (tertiary/aromatic N) is 1. The van der Waals surface area contributed by atoms with Crippen molar-refractivity contribution in [1.29, 1.82) is 0 Å². The van der Waals surface area contributed by atoms with E-state index >= 15 is 0 Å². The van der Waals surface area contributed by atoms with Gasteiger partial charge in [-0.15, -0.1) is 0 Å². The standard InChI is InChI=1S/C28H23NO6/c1-16-23(35-28(31)19-7-5-6-8-24(19)33-4)12-10-20-26(30)25(34-27(16)20)13-17-15-29(2)22-11-9-18(32-3)14-21(17)22/h5-15H,1-4H3. The summed E-state index contributed by atoms with van der Waals surface area (Å²) in [5.74, 6) is 1.24. The number of hydrogen-bond acceptors (Lipinski definition) is 6. The number of carbonyl (C=O) groups is 2. The minimum atomic E-state index is -0.560. The van der Waals surface area contributed by atoms with Crippen LogP contribution in [0.1, 0.15) is 31.8 Å². The molecule has 0 saturated heterocycles. The van der Waals surface area contributed by atoms with Crippen molar-refractivity contribution in [2.75, 3.05) is 14.2 Å². The molecule has 0 N–H and O–H groups in total. The molecule has 176 valence electrons. The van der Waals surface area contributed by atoms with Crippen LogP contribution in [0.25, 0.3) is 17.0 Å². The number of rotatable bonds is 5. The fourth-order valence-electron chi connectivity index (χ4n) is 4.23. The molecule has 0 unspecified atom stereocenters. The number of hydrogen-bond donors (Lipinski definition) is 0. The summed E-state index contributed by atoms with van der Waals surface area (Å²) in [4.78, 5) is 25.9. The summed E-state index contributed by atoms with van der Waals surface area (Å²) in [6.07, 6.45) is 3.66. The number of methoxy groups -OCH3 is 2. The minimum absolute atomic E-state index is 0.201. The van der Waals surface area contributed by atoms with Gasteiger partial charge in [-0.25, -0.2) is 4.79 Å². The first-order valence-corrected chi connectivity index (χ1v) is 11.0. The topological polar surface area (TPSA) is 76.0 Å². The fraction of sp³-hybridized carbons (Fsp3) is 0.143. The largest absolute Gasteiger partial charge is 0.497 e. The normalized spacial score (nSPS) is 13.6. The Labute approximate surface area is 202 Å². The highest BCUT2D eigenvalue weighted by Gasteiger charge is 2.31. The third-order valence-electron chi connectivity index (χ3n) is 6.08. The van der Waals surface area contributed by atoms with Gasteiger partial charge < -0.3 is 23.5 Å². The second-order valence-electron chi connectivity index (χ2n) is 8.17. The van der Waals surface area contributed by atoms with Gasteiger partial charge in [0, 0.05) is 35.3 Å². The number of carbonyl (C=O) groups excluding carboxylic acids is 2. The molecule has 0 bridgehead atoms. The average Bonchev–Trinajstić information content (AvgIpc) is 3.36. The Morgan fingerprint density at radius 3 is 2.57 bits per heavy atom. The summed E-state index contributed by atoms with van der Waals surface area (Å²) in [5, 5.41) is 0.940. The molecule has 35 heavy (non-hydrogen) atoms. The fourth-order valence-corrected chi connectivity index (χ4v) is 4.23. The van der Waals surface area contributed by atoms with E-state index in [-0.39, 0.29) is 11.5 Å². The molecule has 0 atom stereocenters. The first-order valence-electron chi connectivity index (χ1n) is 11.0. The van der Waals surface area contributed by atoms with Gasteiger partial charge in [0.05, 0.1) is 19.8 Å². The predicted octanol–water partition coefficient (Wildman–Crippen LogP) is 5.34. The number of allylic oxidation sites excluding steroid dienone is 1. The maximum atomic E-state index is 13.1. The number of aryl methyl sites for hydroxylation is 1. The monoisotopic (exact) mass is 469 g/mol. The number of ether oxygens (including phenoxy) is 4. The van der Waals surface area contributed by atoms with Crippen LogP contribution < -0.4 is 18.9 Å². The summed E-state index contributed by atoms with van der Waals surface area (Å²) in [5.41, 5.74) is 3.12. The number of fused-ring (bicyclic) bond motifs is 2. The zero-order valence-corrected chi connectivity index (χ0v) is 19.7. The van der Waals surface area contributed by atoms with E-state index in [1.54, 1.807) is 56.5 Å². The van der Waals surface area contributed by atoms with E-state index in [4.69, 9.17) is 18.9 Å². The Hall–Kier alpha value is -4.52. The maximum Gasteiger partial charge on any atom is 0.347 e. The van der Waals surface area contributed by atoms with Crippen LogP contribution in [0.2, 0.25) is 0 Å². The smallest absolute Gasteiger partial charge is 0.347 e. The minimum Gasteiger partial charge on any atom is -0.497 e. The number of ketones is 1. The molecule has 7 nitrogen and oxygen atoms in total. The van der Waals surface area contributed by atoms with Crippen LogP contribution in [0.15, 0.2) is 66.6 Å². The average molecular weight is 469 g/mol. The quantitative estimate of drug-likeness (QED) is 0.223. The summed E-state index contributed by atoms with van der Waals surface area (Å²) in [6.45, 7) is 1.75. The number of aromatic nitrogens is 1. The number of Topliss-reactive ketones (excluding diaryl/α,β-unsaturated/α-hetero) is 1. The van der Waals surface area contributed by atoms with Crippen molar-refractivity contribution in [3.05, 3.63) is 88.8 Å². The molecule has 7 heteroatoms. The van der Waals surface area contributed by atoms with Crippen molar-refractivity contribution in [2.24, 2.45) is 7.05 Å². The lowest BCUT2D eigenvalue weighted by atomic mass is 10.1. The summed E-state index contributed by atoms with van der Waals surface area (Å²) < 4.78 is 24.2. The van der Waals surface area contributed by atoms with Crippen LogP contribution >= 0.6 is 0 Å². The molecule has 0 aliphatic carbocycles. The van der Waals surface area contributed by atoms with E-state index in [2.05, 4.69) is 0 Å². The van der Waals surface area contributed by atoms with Crippen LogP contribution in [-0.2, 0) is 7.05 Å². The highest BCUT2D eigenvalue weighted by molar-refractivity contribution is 6.15. The zero-order valence-electron chi connectivity index (χ0n) is 19.7. The van der Waals surface area contributed by atoms with Gasteiger partial charge in [-0.3, -0.25) is 4.79 Å². The molecule has 4 aromatic rings. The van der Waals surface area contributed by atoms with Crippen molar-refractivity contribution in [1.82, 2.24) is 4.57 Å². The molecular weight excluding hydrogens is 446 g/mol. The zero-order chi connectivity index (χ0) is 24.7. The van der Waals surface area contributed by atoms with Gasteiger partial charge in [0.25, 0.3) is 0 Å². The molecule has 5 rings (SSSR count). The third kappa shape index (κ3) is 3.81. The van der Waals surface area contributed by atoms with Gasteiger partial charge in [-0.1, -0.05) is 12.1 Å². The Kier molecular flexibility index (Phi) is 5.53. The van der Waals surface area contributed by atoms with E-state index in [1.807, 2.05) is 36.0 Å². The van der Waals surface area contributed by atoms with Crippen molar-refractivity contribution >= 4 is 28.7 Å². The molecule has 2 heterocycles. The third-order valence-corrected chi connectivity index (χ3v) is 6.08. The molecular formula is C28H23NO6. The van der Waals surface area contributed by atoms with Crippen molar-refractivity contribution in [3.8, 4) is 23.0 Å². The molecule has 1 aliphatic heterocycles. The Balaban J connectivity index is 1.47. The lowest BCUT2D eigenvalue weighted by molar-refractivity contribution is 0.0729. The molecule has 0 radical (unpaired) electrons. The highest BCUT2D eigenvalue weighted by atomic mass is 16.5. The second kappa shape index (κ2) is 8.68. The molecule has 0 saturated carbocycles. The van der Waals surface area contributed by atoms with Crippen LogP contribution in [0.5, 0.6) is 23.0 Å². The second-order valence-corrected chi connectivity index (χ2v) is 8.17. The van der Waals surface area contributed by atoms with Crippen LogP contribution in [0, 0.1) is 6.92 Å². The Morgan fingerprint density at radius 1 is 1.00 bits per heavy atom. The van der Waals surface area contributed by atoms with Crippen LogP contribution in [-0.4, -0.2) is 30.5 Å². The van der Waals surface area contributed by atoms with Gasteiger partial charge in [0.15, 0.2) is 5.76 Å². The van der Waals surface area contributed by atoms with Crippen molar-refractivity contribution in [2.45, 2.75) is 6.92 Å². The highest BCUT2D eigenvalue weighted by Crippen LogP contribution is 2.40. The number of para-hydroxylation sites is 1. The number of benzene rings is 3. The number of esters is 1. The lowest BCUT2D eigenvalue weighted by Gasteiger charge is -2.11. The first kappa shape index (κ1) is 22.3. The van der Waals surface area contributed by atoms with Gasteiger partial charge in [-0.2, -0.15) is 0 Å². The van der Waals surface area contributed by atoms with E-state index in [1.165, 1.54) is 7.11 Å². The Morgan fingerprint density at radius 2 is 1.80 bits per heavy atom. The van der Waals surface area contributed by atoms with Gasteiger partial charge in [0.2, 0.25) is 5.78 Å². The molecule has 0 fully saturated rings. The Bertz CT molecular complexity index is 1530. The van der Waals surface area contributed by atoms with Crippen molar-refractivity contribution < 1.29 is 28.5 Å². The van der Waals surface area contributed by atoms with Gasteiger partial charge in [0.1, 0.15) is 28.6 Å². The summed E-state index contributed by atoms with van der Waals surface area (Å²) in [7, 11) is 5.05. The first-order chi connectivity index (χ1) is 16.9. The molecule has 3 aromatic carbocycles. The van der Waals surface area contributed by atoms with E-state index < -0.39 is 5.97 Å².